The normalized spacial score (nSPS) is 11.4. The topological polar surface area (TPSA) is 74.8 Å². The van der Waals surface area contributed by atoms with Gasteiger partial charge in [0.15, 0.2) is 0 Å². The van der Waals surface area contributed by atoms with E-state index in [1.807, 2.05) is 0 Å². The van der Waals surface area contributed by atoms with Gasteiger partial charge in [-0.3, -0.25) is 4.79 Å². The lowest BCUT2D eigenvalue weighted by Gasteiger charge is -2.05. The van der Waals surface area contributed by atoms with Crippen molar-refractivity contribution in [3.05, 3.63) is 52.4 Å². The lowest BCUT2D eigenvalue weighted by Crippen LogP contribution is -2.19. The zero-order chi connectivity index (χ0) is 14.7. The number of aromatic hydroxyl groups is 1. The summed E-state index contributed by atoms with van der Waals surface area (Å²) in [7, 11) is 0. The van der Waals surface area contributed by atoms with Gasteiger partial charge in [0.25, 0.3) is 5.91 Å². The molecule has 6 heteroatoms. The molecule has 0 atom stereocenters. The van der Waals surface area contributed by atoms with Crippen molar-refractivity contribution in [2.75, 3.05) is 0 Å². The predicted octanol–water partition coefficient (Wildman–Crippen LogP) is 3.10. The highest BCUT2D eigenvalue weighted by molar-refractivity contribution is 6.31. The van der Waals surface area contributed by atoms with E-state index in [9.17, 15) is 9.90 Å². The number of hydrogen-bond donors (Lipinski definition) is 2. The van der Waals surface area contributed by atoms with Gasteiger partial charge in [0.2, 0.25) is 0 Å². The maximum Gasteiger partial charge on any atom is 0.274 e. The van der Waals surface area contributed by atoms with Gasteiger partial charge < -0.3 is 9.52 Å². The highest BCUT2D eigenvalue weighted by Crippen LogP contribution is 2.22. The molecule has 1 amide bonds. The second kappa shape index (κ2) is 5.79. The fourth-order valence-corrected chi connectivity index (χ4v) is 1.85. The van der Waals surface area contributed by atoms with Crippen molar-refractivity contribution >= 4 is 23.2 Å². The highest BCUT2D eigenvalue weighted by Gasteiger charge is 2.11. The lowest BCUT2D eigenvalue weighted by atomic mass is 10.1. The summed E-state index contributed by atoms with van der Waals surface area (Å²) in [4.78, 5) is 11.8. The number of furan rings is 1. The third-order valence-corrected chi connectivity index (χ3v) is 3.01. The van der Waals surface area contributed by atoms with Crippen LogP contribution in [0.5, 0.6) is 5.75 Å². The van der Waals surface area contributed by atoms with Crippen LogP contribution in [0.25, 0.3) is 0 Å². The average Bonchev–Trinajstić information content (AvgIpc) is 2.84. The molecule has 2 N–H and O–H groups in total. The first-order valence-corrected chi connectivity index (χ1v) is 6.24. The first-order valence-electron chi connectivity index (χ1n) is 5.86. The Kier molecular flexibility index (Phi) is 4.10. The van der Waals surface area contributed by atoms with Crippen LogP contribution in [-0.2, 0) is 0 Å². The van der Waals surface area contributed by atoms with Crippen molar-refractivity contribution in [2.24, 2.45) is 5.10 Å². The summed E-state index contributed by atoms with van der Waals surface area (Å²) in [6.07, 6.45) is 1.43. The van der Waals surface area contributed by atoms with Gasteiger partial charge in [-0.25, -0.2) is 5.43 Å². The smallest absolute Gasteiger partial charge is 0.274 e. The van der Waals surface area contributed by atoms with Crippen molar-refractivity contribution in [3.8, 4) is 5.75 Å². The maximum absolute atomic E-state index is 11.8. The number of amides is 1. The molecule has 0 saturated heterocycles. The Labute approximate surface area is 120 Å². The number of rotatable bonds is 3. The molecule has 0 fully saturated rings. The van der Waals surface area contributed by atoms with E-state index in [-0.39, 0.29) is 11.7 Å². The Hall–Kier alpha value is -2.27. The molecule has 0 bridgehead atoms. The molecule has 1 aromatic carbocycles. The number of benzene rings is 1. The molecule has 0 aliphatic heterocycles. The Morgan fingerprint density at radius 3 is 2.75 bits per heavy atom. The third kappa shape index (κ3) is 3.00. The van der Waals surface area contributed by atoms with Gasteiger partial charge >= 0.3 is 0 Å². The molecule has 104 valence electrons. The molecule has 20 heavy (non-hydrogen) atoms. The predicted molar refractivity (Wildman–Crippen MR) is 76.2 cm³/mol. The number of hydrogen-bond acceptors (Lipinski definition) is 4. The first-order chi connectivity index (χ1) is 9.49. The van der Waals surface area contributed by atoms with Gasteiger partial charge in [0.05, 0.1) is 17.5 Å². The zero-order valence-corrected chi connectivity index (χ0v) is 11.7. The van der Waals surface area contributed by atoms with E-state index < -0.39 is 0 Å². The second-order valence-corrected chi connectivity index (χ2v) is 4.63. The SMILES string of the molecule is C/C(=N\NC(=O)c1ccoc1C)c1cc(Cl)ccc1O. The fraction of sp³-hybridized carbons (Fsp3) is 0.143. The Balaban J connectivity index is 2.17. The number of hydrazone groups is 1. The first kappa shape index (κ1) is 14.1. The van der Waals surface area contributed by atoms with Crippen LogP contribution in [0.4, 0.5) is 0 Å². The summed E-state index contributed by atoms with van der Waals surface area (Å²) in [6.45, 7) is 3.35. The summed E-state index contributed by atoms with van der Waals surface area (Å²) in [6, 6.07) is 6.18. The largest absolute Gasteiger partial charge is 0.507 e. The number of nitrogens with one attached hydrogen (secondary N) is 1. The Bertz CT molecular complexity index is 677. The molecule has 0 unspecified atom stereocenters. The number of phenolic OH excluding ortho intramolecular Hbond substituents is 1. The van der Waals surface area contributed by atoms with Crippen LogP contribution in [0.2, 0.25) is 5.02 Å². The van der Waals surface area contributed by atoms with Crippen LogP contribution in [0, 0.1) is 6.92 Å². The second-order valence-electron chi connectivity index (χ2n) is 4.19. The molecular weight excluding hydrogens is 280 g/mol. The minimum Gasteiger partial charge on any atom is -0.507 e. The molecule has 1 heterocycles. The Morgan fingerprint density at radius 1 is 1.35 bits per heavy atom. The van der Waals surface area contributed by atoms with Crippen molar-refractivity contribution in [1.29, 1.82) is 0 Å². The van der Waals surface area contributed by atoms with Crippen molar-refractivity contribution in [1.82, 2.24) is 5.43 Å². The maximum atomic E-state index is 11.8. The lowest BCUT2D eigenvalue weighted by molar-refractivity contribution is 0.0953. The van der Waals surface area contributed by atoms with Crippen LogP contribution in [0.3, 0.4) is 0 Å². The minimum atomic E-state index is -0.378. The number of phenols is 1. The summed E-state index contributed by atoms with van der Waals surface area (Å²) < 4.78 is 5.05. The molecule has 2 rings (SSSR count). The monoisotopic (exact) mass is 292 g/mol. The van der Waals surface area contributed by atoms with E-state index in [0.29, 0.717) is 27.6 Å². The van der Waals surface area contributed by atoms with Gasteiger partial charge in [0, 0.05) is 10.6 Å². The van der Waals surface area contributed by atoms with E-state index in [0.717, 1.165) is 0 Å². The molecule has 1 aromatic heterocycles. The van der Waals surface area contributed by atoms with E-state index >= 15 is 0 Å². The zero-order valence-electron chi connectivity index (χ0n) is 11.0. The molecule has 0 radical (unpaired) electrons. The van der Waals surface area contributed by atoms with Crippen LogP contribution in [0.15, 0.2) is 40.0 Å². The molecule has 0 saturated carbocycles. The van der Waals surface area contributed by atoms with Crippen molar-refractivity contribution < 1.29 is 14.3 Å². The molecule has 0 aliphatic rings. The highest BCUT2D eigenvalue weighted by atomic mass is 35.5. The number of halogens is 1. The van der Waals surface area contributed by atoms with Gasteiger partial charge in [-0.05, 0) is 38.1 Å². The summed E-state index contributed by atoms with van der Waals surface area (Å²) in [5.41, 5.74) is 3.72. The molecular formula is C14H13ClN2O3. The molecule has 2 aromatic rings. The molecule has 0 aliphatic carbocycles. The fourth-order valence-electron chi connectivity index (χ4n) is 1.67. The number of aryl methyl sites for hydroxylation is 1. The van der Waals surface area contributed by atoms with Crippen molar-refractivity contribution in [2.45, 2.75) is 13.8 Å². The van der Waals surface area contributed by atoms with E-state index in [2.05, 4.69) is 10.5 Å². The quantitative estimate of drug-likeness (QED) is 0.674. The number of carbonyl (C=O) groups is 1. The molecule has 5 nitrogen and oxygen atoms in total. The third-order valence-electron chi connectivity index (χ3n) is 2.78. The van der Waals surface area contributed by atoms with Crippen LogP contribution in [-0.4, -0.2) is 16.7 Å². The molecule has 0 spiro atoms. The number of nitrogens with zero attached hydrogens (tertiary/aromatic N) is 1. The Morgan fingerprint density at radius 2 is 2.10 bits per heavy atom. The van der Waals surface area contributed by atoms with Gasteiger partial charge in [0.1, 0.15) is 11.5 Å². The standard InChI is InChI=1S/C14H13ClN2O3/c1-8(12-7-10(15)3-4-13(12)18)16-17-14(19)11-5-6-20-9(11)2/h3-7,18H,1-2H3,(H,17,19)/b16-8+. The van der Waals surface area contributed by atoms with Crippen LogP contribution < -0.4 is 5.43 Å². The van der Waals surface area contributed by atoms with Gasteiger partial charge in [-0.2, -0.15) is 5.10 Å². The van der Waals surface area contributed by atoms with Gasteiger partial charge in [-0.15, -0.1) is 0 Å². The van der Waals surface area contributed by atoms with Crippen LogP contribution in [0.1, 0.15) is 28.6 Å². The summed E-state index contributed by atoms with van der Waals surface area (Å²) in [5.74, 6) is 0.183. The van der Waals surface area contributed by atoms with E-state index in [4.69, 9.17) is 16.0 Å². The van der Waals surface area contributed by atoms with Crippen molar-refractivity contribution in [3.63, 3.8) is 0 Å². The van der Waals surface area contributed by atoms with E-state index in [1.165, 1.54) is 12.3 Å². The average molecular weight is 293 g/mol. The number of carbonyl (C=O) groups excluding carboxylic acids is 1. The summed E-state index contributed by atoms with van der Waals surface area (Å²) in [5, 5.41) is 14.2. The minimum absolute atomic E-state index is 0.0457. The van der Waals surface area contributed by atoms with E-state index in [1.54, 1.807) is 32.0 Å². The van der Waals surface area contributed by atoms with Crippen LogP contribution >= 0.6 is 11.6 Å². The van der Waals surface area contributed by atoms with Gasteiger partial charge in [-0.1, -0.05) is 11.6 Å². The summed E-state index contributed by atoms with van der Waals surface area (Å²) >= 11 is 5.86.